The number of halogens is 4. The van der Waals surface area contributed by atoms with Gasteiger partial charge in [0, 0.05) is 10.7 Å². The Morgan fingerprint density at radius 1 is 1.03 bits per heavy atom. The van der Waals surface area contributed by atoms with Crippen LogP contribution in [0.3, 0.4) is 0 Å². The number of hydrogen-bond acceptors (Lipinski definition) is 4. The van der Waals surface area contributed by atoms with Gasteiger partial charge in [0.15, 0.2) is 0 Å². The number of ether oxygens (including phenoxy) is 1. The van der Waals surface area contributed by atoms with E-state index in [1.807, 2.05) is 0 Å². The minimum Gasteiger partial charge on any atom is -0.495 e. The second-order valence-electron chi connectivity index (χ2n) is 6.76. The summed E-state index contributed by atoms with van der Waals surface area (Å²) in [7, 11) is -2.90. The fourth-order valence-electron chi connectivity index (χ4n) is 2.95. The second-order valence-corrected chi connectivity index (χ2v) is 9.06. The largest absolute Gasteiger partial charge is 0.495 e. The number of sulfonamides is 1. The number of benzene rings is 3. The molecule has 0 aliphatic rings. The highest BCUT2D eigenvalue weighted by molar-refractivity contribution is 7.92. The van der Waals surface area contributed by atoms with Crippen molar-refractivity contribution < 1.29 is 31.1 Å². The number of carbonyl (C=O) groups excluding carboxylic acids is 1. The van der Waals surface area contributed by atoms with Gasteiger partial charge in [-0.1, -0.05) is 29.8 Å². The zero-order valence-electron chi connectivity index (χ0n) is 17.1. The van der Waals surface area contributed by atoms with Crippen LogP contribution in [0.25, 0.3) is 0 Å². The summed E-state index contributed by atoms with van der Waals surface area (Å²) in [5.74, 6) is -0.627. The van der Waals surface area contributed by atoms with Crippen LogP contribution in [0.4, 0.5) is 24.5 Å². The number of alkyl halides is 3. The second kappa shape index (κ2) is 9.72. The number of methoxy groups -OCH3 is 1. The van der Waals surface area contributed by atoms with Crippen molar-refractivity contribution in [3.8, 4) is 5.75 Å². The minimum atomic E-state index is -4.52. The summed E-state index contributed by atoms with van der Waals surface area (Å²) in [4.78, 5) is 12.7. The third-order valence-corrected chi connectivity index (χ3v) is 6.53. The average molecular weight is 499 g/mol. The SMILES string of the molecule is COc1ccc(Cl)cc1N(CC(=O)Nc1ccc(C(F)(F)F)cc1)S(=O)(=O)c1ccccc1. The van der Waals surface area contributed by atoms with Gasteiger partial charge in [0.05, 0.1) is 23.3 Å². The molecule has 0 spiro atoms. The van der Waals surface area contributed by atoms with Gasteiger partial charge in [-0.15, -0.1) is 0 Å². The molecule has 0 heterocycles. The van der Waals surface area contributed by atoms with E-state index in [4.69, 9.17) is 16.3 Å². The van der Waals surface area contributed by atoms with E-state index in [1.54, 1.807) is 6.07 Å². The Morgan fingerprint density at radius 2 is 1.67 bits per heavy atom. The minimum absolute atomic E-state index is 0.0245. The Balaban J connectivity index is 1.95. The van der Waals surface area contributed by atoms with Crippen LogP contribution in [0.1, 0.15) is 5.56 Å². The van der Waals surface area contributed by atoms with E-state index in [1.165, 1.54) is 49.6 Å². The van der Waals surface area contributed by atoms with Crippen molar-refractivity contribution in [3.63, 3.8) is 0 Å². The maximum atomic E-state index is 13.4. The lowest BCUT2D eigenvalue weighted by Crippen LogP contribution is -2.38. The molecule has 6 nitrogen and oxygen atoms in total. The van der Waals surface area contributed by atoms with Crippen molar-refractivity contribution in [2.45, 2.75) is 11.1 Å². The van der Waals surface area contributed by atoms with Crippen LogP contribution < -0.4 is 14.4 Å². The van der Waals surface area contributed by atoms with Gasteiger partial charge in [0.1, 0.15) is 12.3 Å². The Kier molecular flexibility index (Phi) is 7.19. The lowest BCUT2D eigenvalue weighted by Gasteiger charge is -2.26. The molecule has 0 saturated heterocycles. The van der Waals surface area contributed by atoms with Crippen molar-refractivity contribution in [1.82, 2.24) is 0 Å². The van der Waals surface area contributed by atoms with Crippen molar-refractivity contribution in [3.05, 3.63) is 83.4 Å². The first-order valence-electron chi connectivity index (χ1n) is 9.41. The summed E-state index contributed by atoms with van der Waals surface area (Å²) < 4.78 is 71.1. The van der Waals surface area contributed by atoms with Crippen LogP contribution in [0.15, 0.2) is 77.7 Å². The summed E-state index contributed by atoms with van der Waals surface area (Å²) in [6.07, 6.45) is -4.52. The number of nitrogens with zero attached hydrogens (tertiary/aromatic N) is 1. The number of anilines is 2. The topological polar surface area (TPSA) is 75.7 Å². The van der Waals surface area contributed by atoms with Gasteiger partial charge in [-0.2, -0.15) is 13.2 Å². The molecule has 11 heteroatoms. The quantitative estimate of drug-likeness (QED) is 0.486. The average Bonchev–Trinajstić information content (AvgIpc) is 2.77. The van der Waals surface area contributed by atoms with E-state index in [0.717, 1.165) is 28.6 Å². The van der Waals surface area contributed by atoms with Gasteiger partial charge in [0.2, 0.25) is 5.91 Å². The number of carbonyl (C=O) groups is 1. The molecule has 0 aliphatic heterocycles. The highest BCUT2D eigenvalue weighted by atomic mass is 35.5. The lowest BCUT2D eigenvalue weighted by molar-refractivity contribution is -0.137. The van der Waals surface area contributed by atoms with E-state index in [0.29, 0.717) is 0 Å². The molecule has 0 aliphatic carbocycles. The van der Waals surface area contributed by atoms with Crippen LogP contribution in [0.2, 0.25) is 5.02 Å². The van der Waals surface area contributed by atoms with Crippen molar-refractivity contribution >= 4 is 38.9 Å². The van der Waals surface area contributed by atoms with E-state index in [9.17, 15) is 26.4 Å². The van der Waals surface area contributed by atoms with Crippen molar-refractivity contribution in [2.24, 2.45) is 0 Å². The Labute approximate surface area is 193 Å². The monoisotopic (exact) mass is 498 g/mol. The zero-order valence-corrected chi connectivity index (χ0v) is 18.7. The number of amides is 1. The molecule has 3 aromatic rings. The van der Waals surface area contributed by atoms with Crippen LogP contribution in [0.5, 0.6) is 5.75 Å². The van der Waals surface area contributed by atoms with E-state index in [2.05, 4.69) is 5.32 Å². The third-order valence-electron chi connectivity index (χ3n) is 4.52. The van der Waals surface area contributed by atoms with Gasteiger partial charge in [-0.25, -0.2) is 8.42 Å². The van der Waals surface area contributed by atoms with Gasteiger partial charge in [0.25, 0.3) is 10.0 Å². The molecular weight excluding hydrogens is 481 g/mol. The molecule has 0 unspecified atom stereocenters. The lowest BCUT2D eigenvalue weighted by atomic mass is 10.2. The van der Waals surface area contributed by atoms with Crippen LogP contribution in [-0.2, 0) is 21.0 Å². The summed E-state index contributed by atoms with van der Waals surface area (Å²) in [5, 5.41) is 2.62. The van der Waals surface area contributed by atoms with E-state index < -0.39 is 34.2 Å². The van der Waals surface area contributed by atoms with Gasteiger partial charge in [-0.05, 0) is 54.6 Å². The molecule has 3 rings (SSSR count). The predicted molar refractivity (Wildman–Crippen MR) is 119 cm³/mol. The maximum absolute atomic E-state index is 13.4. The summed E-state index contributed by atoms with van der Waals surface area (Å²) in [5.41, 5.74) is -0.781. The molecule has 1 amide bonds. The maximum Gasteiger partial charge on any atom is 0.416 e. The zero-order chi connectivity index (χ0) is 24.2. The summed E-state index contributed by atoms with van der Waals surface area (Å²) >= 11 is 6.06. The number of nitrogens with one attached hydrogen (secondary N) is 1. The normalized spacial score (nSPS) is 11.7. The Hall–Kier alpha value is -3.24. The van der Waals surface area contributed by atoms with Crippen molar-refractivity contribution in [2.75, 3.05) is 23.3 Å². The van der Waals surface area contributed by atoms with E-state index in [-0.39, 0.29) is 27.0 Å². The van der Waals surface area contributed by atoms with E-state index >= 15 is 0 Å². The molecule has 0 bridgehead atoms. The Morgan fingerprint density at radius 3 is 2.24 bits per heavy atom. The van der Waals surface area contributed by atoms with Crippen LogP contribution in [-0.4, -0.2) is 28.0 Å². The Bertz CT molecular complexity index is 1230. The fraction of sp³-hybridized carbons (Fsp3) is 0.136. The predicted octanol–water partition coefficient (Wildman–Crippen LogP) is 5.20. The third kappa shape index (κ3) is 5.77. The first-order valence-corrected chi connectivity index (χ1v) is 11.2. The number of rotatable bonds is 7. The first kappa shape index (κ1) is 24.4. The highest BCUT2D eigenvalue weighted by Crippen LogP contribution is 2.35. The molecule has 0 atom stereocenters. The first-order chi connectivity index (χ1) is 15.5. The fourth-order valence-corrected chi connectivity index (χ4v) is 4.56. The molecule has 1 N–H and O–H groups in total. The molecule has 0 radical (unpaired) electrons. The van der Waals surface area contributed by atoms with Gasteiger partial charge in [-0.3, -0.25) is 9.10 Å². The standard InChI is InChI=1S/C22H18ClF3N2O4S/c1-32-20-12-9-16(23)13-19(20)28(33(30,31)18-5-3-2-4-6-18)14-21(29)27-17-10-7-15(8-11-17)22(24,25)26/h2-13H,14H2,1H3,(H,27,29). The van der Waals surface area contributed by atoms with Gasteiger partial charge < -0.3 is 10.1 Å². The summed E-state index contributed by atoms with van der Waals surface area (Å²) in [6, 6.07) is 15.5. The molecule has 174 valence electrons. The van der Waals surface area contributed by atoms with Gasteiger partial charge >= 0.3 is 6.18 Å². The molecule has 0 saturated carbocycles. The van der Waals surface area contributed by atoms with Crippen molar-refractivity contribution in [1.29, 1.82) is 0 Å². The summed E-state index contributed by atoms with van der Waals surface area (Å²) in [6.45, 7) is -0.686. The molecule has 33 heavy (non-hydrogen) atoms. The number of hydrogen-bond donors (Lipinski definition) is 1. The van der Waals surface area contributed by atoms with Crippen LogP contribution in [0, 0.1) is 0 Å². The highest BCUT2D eigenvalue weighted by Gasteiger charge is 2.31. The molecular formula is C22H18ClF3N2O4S. The molecule has 3 aromatic carbocycles. The molecule has 0 fully saturated rings. The smallest absolute Gasteiger partial charge is 0.416 e. The van der Waals surface area contributed by atoms with Crippen LogP contribution >= 0.6 is 11.6 Å². The molecule has 0 aromatic heterocycles.